The molecule has 1 aliphatic rings. The fourth-order valence-corrected chi connectivity index (χ4v) is 4.65. The average Bonchev–Trinajstić information content (AvgIpc) is 3.50. The molecule has 5 rings (SSSR count). The molecule has 0 radical (unpaired) electrons. The summed E-state index contributed by atoms with van der Waals surface area (Å²) in [7, 11) is 2.11. The Kier molecular flexibility index (Phi) is 6.30. The highest BCUT2D eigenvalue weighted by molar-refractivity contribution is 9.10. The van der Waals surface area contributed by atoms with E-state index >= 15 is 0 Å². The Labute approximate surface area is 206 Å². The van der Waals surface area contributed by atoms with Gasteiger partial charge in [0.15, 0.2) is 5.82 Å². The smallest absolute Gasteiger partial charge is 0.259 e. The summed E-state index contributed by atoms with van der Waals surface area (Å²) in [5, 5.41) is 12.8. The highest BCUT2D eigenvalue weighted by atomic mass is 79.9. The van der Waals surface area contributed by atoms with Gasteiger partial charge in [0.1, 0.15) is 0 Å². The molecule has 1 amide bonds. The molecule has 2 aromatic heterocycles. The summed E-state index contributed by atoms with van der Waals surface area (Å²) < 4.78 is 8.22. The molecule has 1 saturated heterocycles. The number of rotatable bonds is 5. The normalized spacial score (nSPS) is 14.9. The van der Waals surface area contributed by atoms with Crippen molar-refractivity contribution in [3.05, 3.63) is 76.7 Å². The SMILES string of the molecule is Cc1nnc(-c2cccc(-n3ccc(N(C(=O)c4cccc(Br)c4)C4CCN(C)CC4)n3)c2)o1. The number of likely N-dealkylation sites (tertiary alicyclic amines) is 1. The Hall–Kier alpha value is -3.30. The van der Waals surface area contributed by atoms with Gasteiger partial charge < -0.3 is 9.32 Å². The predicted octanol–water partition coefficient (Wildman–Crippen LogP) is 4.73. The minimum atomic E-state index is -0.0452. The zero-order chi connectivity index (χ0) is 23.7. The molecule has 0 aliphatic carbocycles. The molecule has 0 unspecified atom stereocenters. The van der Waals surface area contributed by atoms with Crippen molar-refractivity contribution in [2.45, 2.75) is 25.8 Å². The first kappa shape index (κ1) is 22.5. The summed E-state index contributed by atoms with van der Waals surface area (Å²) in [5.74, 6) is 1.57. The van der Waals surface area contributed by atoms with Crippen LogP contribution in [0.2, 0.25) is 0 Å². The van der Waals surface area contributed by atoms with Crippen LogP contribution in [0.3, 0.4) is 0 Å². The number of benzene rings is 2. The monoisotopic (exact) mass is 520 g/mol. The number of anilines is 1. The van der Waals surface area contributed by atoms with Gasteiger partial charge in [0.25, 0.3) is 5.91 Å². The third kappa shape index (κ3) is 4.67. The first-order valence-corrected chi connectivity index (χ1v) is 12.0. The molecular formula is C25H25BrN6O2. The number of piperidine rings is 1. The predicted molar refractivity (Wildman–Crippen MR) is 133 cm³/mol. The van der Waals surface area contributed by atoms with E-state index in [0.29, 0.717) is 23.2 Å². The lowest BCUT2D eigenvalue weighted by molar-refractivity contribution is 0.0962. The van der Waals surface area contributed by atoms with Crippen LogP contribution in [0.1, 0.15) is 29.1 Å². The van der Waals surface area contributed by atoms with E-state index in [1.54, 1.807) is 11.6 Å². The van der Waals surface area contributed by atoms with Gasteiger partial charge in [0, 0.05) is 40.8 Å². The van der Waals surface area contributed by atoms with Crippen molar-refractivity contribution in [2.75, 3.05) is 25.0 Å². The second kappa shape index (κ2) is 9.52. The van der Waals surface area contributed by atoms with E-state index in [2.05, 4.69) is 38.1 Å². The van der Waals surface area contributed by atoms with Crippen LogP contribution >= 0.6 is 15.9 Å². The second-order valence-corrected chi connectivity index (χ2v) is 9.43. The molecule has 4 aromatic rings. The quantitative estimate of drug-likeness (QED) is 0.378. The molecule has 174 valence electrons. The molecule has 9 heteroatoms. The van der Waals surface area contributed by atoms with Gasteiger partial charge in [-0.2, -0.15) is 0 Å². The van der Waals surface area contributed by atoms with E-state index < -0.39 is 0 Å². The number of amides is 1. The zero-order valence-corrected chi connectivity index (χ0v) is 20.6. The van der Waals surface area contributed by atoms with Crippen molar-refractivity contribution in [1.82, 2.24) is 24.9 Å². The summed E-state index contributed by atoms with van der Waals surface area (Å²) in [6.07, 6.45) is 3.67. The number of halogens is 1. The standard InChI is InChI=1S/C25H25BrN6O2/c1-17-27-28-24(34-17)18-5-4-8-22(16-18)31-14-11-23(29-31)32(21-9-12-30(2)13-10-21)25(33)19-6-3-7-20(26)15-19/h3-8,11,14-16,21H,9-10,12-13H2,1-2H3. The van der Waals surface area contributed by atoms with Gasteiger partial charge in [-0.15, -0.1) is 15.3 Å². The van der Waals surface area contributed by atoms with Gasteiger partial charge in [-0.25, -0.2) is 4.68 Å². The molecule has 34 heavy (non-hydrogen) atoms. The van der Waals surface area contributed by atoms with E-state index in [-0.39, 0.29) is 11.9 Å². The molecule has 0 spiro atoms. The fourth-order valence-electron chi connectivity index (χ4n) is 4.25. The van der Waals surface area contributed by atoms with Gasteiger partial charge in [0.05, 0.1) is 5.69 Å². The largest absolute Gasteiger partial charge is 0.421 e. The minimum absolute atomic E-state index is 0.0452. The third-order valence-corrected chi connectivity index (χ3v) is 6.54. The molecule has 1 aliphatic heterocycles. The van der Waals surface area contributed by atoms with Crippen molar-refractivity contribution in [2.24, 2.45) is 0 Å². The maximum Gasteiger partial charge on any atom is 0.259 e. The maximum absolute atomic E-state index is 13.7. The van der Waals surface area contributed by atoms with Crippen molar-refractivity contribution < 1.29 is 9.21 Å². The highest BCUT2D eigenvalue weighted by Gasteiger charge is 2.30. The van der Waals surface area contributed by atoms with Crippen molar-refractivity contribution >= 4 is 27.7 Å². The molecule has 0 N–H and O–H groups in total. The van der Waals surface area contributed by atoms with Crippen molar-refractivity contribution in [3.8, 4) is 17.1 Å². The fraction of sp³-hybridized carbons (Fsp3) is 0.280. The van der Waals surface area contributed by atoms with Crippen LogP contribution in [-0.2, 0) is 0 Å². The van der Waals surface area contributed by atoms with Crippen LogP contribution < -0.4 is 4.90 Å². The van der Waals surface area contributed by atoms with Crippen molar-refractivity contribution in [3.63, 3.8) is 0 Å². The molecular weight excluding hydrogens is 496 g/mol. The summed E-state index contributed by atoms with van der Waals surface area (Å²) in [6.45, 7) is 3.65. The van der Waals surface area contributed by atoms with Crippen molar-refractivity contribution in [1.29, 1.82) is 0 Å². The summed E-state index contributed by atoms with van der Waals surface area (Å²) in [6, 6.07) is 17.2. The molecule has 3 heterocycles. The molecule has 2 aromatic carbocycles. The molecule has 0 atom stereocenters. The van der Waals surface area contributed by atoms with E-state index in [9.17, 15) is 4.79 Å². The number of hydrogen-bond donors (Lipinski definition) is 0. The maximum atomic E-state index is 13.7. The average molecular weight is 521 g/mol. The lowest BCUT2D eigenvalue weighted by Gasteiger charge is -2.36. The van der Waals surface area contributed by atoms with Crippen LogP contribution in [0.25, 0.3) is 17.1 Å². The number of carbonyl (C=O) groups is 1. The lowest BCUT2D eigenvalue weighted by Crippen LogP contribution is -2.47. The Morgan fingerprint density at radius 3 is 2.62 bits per heavy atom. The number of carbonyl (C=O) groups excluding carboxylic acids is 1. The number of aryl methyl sites for hydroxylation is 1. The second-order valence-electron chi connectivity index (χ2n) is 8.52. The van der Waals surface area contributed by atoms with E-state index in [4.69, 9.17) is 9.52 Å². The van der Waals surface area contributed by atoms with Crippen LogP contribution in [0.15, 0.2) is 69.7 Å². The lowest BCUT2D eigenvalue weighted by atomic mass is 10.0. The van der Waals surface area contributed by atoms with Crippen LogP contribution in [0.4, 0.5) is 5.82 Å². The number of hydrogen-bond acceptors (Lipinski definition) is 6. The molecule has 0 saturated carbocycles. The third-order valence-electron chi connectivity index (χ3n) is 6.05. The minimum Gasteiger partial charge on any atom is -0.421 e. The van der Waals surface area contributed by atoms with E-state index in [1.807, 2.05) is 65.7 Å². The van der Waals surface area contributed by atoms with Gasteiger partial charge >= 0.3 is 0 Å². The highest BCUT2D eigenvalue weighted by Crippen LogP contribution is 2.27. The van der Waals surface area contributed by atoms with Gasteiger partial charge in [-0.05, 0) is 69.4 Å². The Morgan fingerprint density at radius 2 is 1.88 bits per heavy atom. The summed E-state index contributed by atoms with van der Waals surface area (Å²) in [5.41, 5.74) is 2.29. The molecule has 0 bridgehead atoms. The Bertz CT molecular complexity index is 1310. The van der Waals surface area contributed by atoms with E-state index in [0.717, 1.165) is 41.7 Å². The Morgan fingerprint density at radius 1 is 1.09 bits per heavy atom. The first-order valence-electron chi connectivity index (χ1n) is 11.2. The van der Waals surface area contributed by atoms with E-state index in [1.165, 1.54) is 0 Å². The van der Waals surface area contributed by atoms with Gasteiger partial charge in [0.2, 0.25) is 11.8 Å². The Balaban J connectivity index is 1.48. The molecule has 1 fully saturated rings. The van der Waals surface area contributed by atoms with Crippen LogP contribution in [0.5, 0.6) is 0 Å². The number of nitrogens with zero attached hydrogens (tertiary/aromatic N) is 6. The summed E-state index contributed by atoms with van der Waals surface area (Å²) in [4.78, 5) is 17.8. The topological polar surface area (TPSA) is 80.3 Å². The first-order chi connectivity index (χ1) is 16.5. The van der Waals surface area contributed by atoms with Crippen LogP contribution in [0, 0.1) is 6.92 Å². The number of aromatic nitrogens is 4. The van der Waals surface area contributed by atoms with Gasteiger partial charge in [-0.1, -0.05) is 28.1 Å². The van der Waals surface area contributed by atoms with Crippen LogP contribution in [-0.4, -0.2) is 57.0 Å². The van der Waals surface area contributed by atoms with Gasteiger partial charge in [-0.3, -0.25) is 9.69 Å². The summed E-state index contributed by atoms with van der Waals surface area (Å²) >= 11 is 3.49. The zero-order valence-electron chi connectivity index (χ0n) is 19.1. The molecule has 8 nitrogen and oxygen atoms in total.